The Balaban J connectivity index is 3.44. The highest BCUT2D eigenvalue weighted by Crippen LogP contribution is 2.33. The number of alkyl halides is 1. The predicted molar refractivity (Wildman–Crippen MR) is 60.8 cm³/mol. The molecule has 0 heterocycles. The molecule has 0 spiro atoms. The molecule has 0 fully saturated rings. The fourth-order valence-corrected chi connectivity index (χ4v) is 1.49. The molecule has 0 bridgehead atoms. The Bertz CT molecular complexity index is 497. The van der Waals surface area contributed by atoms with Crippen molar-refractivity contribution in [3.8, 4) is 6.07 Å². The van der Waals surface area contributed by atoms with Crippen molar-refractivity contribution in [2.45, 2.75) is 0 Å². The van der Waals surface area contributed by atoms with E-state index in [0.29, 0.717) is 0 Å². The van der Waals surface area contributed by atoms with Crippen LogP contribution in [0.2, 0.25) is 0 Å². The average Bonchev–Trinajstić information content (AvgIpc) is 2.28. The molecule has 0 saturated heterocycles. The maximum absolute atomic E-state index is 13.4. The molecule has 0 atom stereocenters. The Morgan fingerprint density at radius 2 is 2.25 bits per heavy atom. The summed E-state index contributed by atoms with van der Waals surface area (Å²) in [5.41, 5.74) is 4.59. The lowest BCUT2D eigenvalue weighted by molar-refractivity contribution is 0.593. The van der Waals surface area contributed by atoms with Gasteiger partial charge in [-0.3, -0.25) is 0 Å². The highest BCUT2D eigenvalue weighted by atomic mass is 79.9. The van der Waals surface area contributed by atoms with Gasteiger partial charge in [0, 0.05) is 0 Å². The maximum atomic E-state index is 13.4. The lowest BCUT2D eigenvalue weighted by Gasteiger charge is -2.04. The summed E-state index contributed by atoms with van der Waals surface area (Å²) in [4.78, 5) is 3.60. The van der Waals surface area contributed by atoms with Crippen molar-refractivity contribution in [3.63, 3.8) is 0 Å². The first-order valence-electron chi connectivity index (χ1n) is 3.97. The van der Waals surface area contributed by atoms with E-state index < -0.39 is 17.2 Å². The normalized spacial score (nSPS) is 11.3. The summed E-state index contributed by atoms with van der Waals surface area (Å²) >= 11 is 8.17. The third-order valence-electron chi connectivity index (χ3n) is 1.65. The fraction of sp³-hybridized carbons (Fsp3) is 0.111. The summed E-state index contributed by atoms with van der Waals surface area (Å²) in [6, 6.07) is 2.27. The Morgan fingerprint density at radius 1 is 1.62 bits per heavy atom. The smallest absolute Gasteiger partial charge is 0.157 e. The molecule has 0 radical (unpaired) electrons. The number of aliphatic imine (C=N–C) groups is 1. The van der Waals surface area contributed by atoms with Crippen LogP contribution in [0.3, 0.4) is 0 Å². The monoisotopic (exact) mass is 307 g/mol. The third-order valence-corrected chi connectivity index (χ3v) is 2.64. The van der Waals surface area contributed by atoms with Crippen LogP contribution in [-0.4, -0.2) is 11.7 Å². The van der Waals surface area contributed by atoms with Gasteiger partial charge in [0.2, 0.25) is 0 Å². The number of nitrogens with two attached hydrogens (primary N) is 1. The van der Waals surface area contributed by atoms with E-state index in [1.54, 1.807) is 0 Å². The second kappa shape index (κ2) is 5.23. The van der Waals surface area contributed by atoms with Crippen molar-refractivity contribution in [1.29, 1.82) is 5.26 Å². The zero-order chi connectivity index (χ0) is 12.3. The SMILES string of the molecule is N#Cc1cc(F)c(N=C(N)CCl)c(Br)c1F. The summed E-state index contributed by atoms with van der Waals surface area (Å²) in [5, 5.41) is 8.53. The Hall–Kier alpha value is -1.19. The van der Waals surface area contributed by atoms with Crippen LogP contribution in [0, 0.1) is 23.0 Å². The van der Waals surface area contributed by atoms with E-state index in [2.05, 4.69) is 20.9 Å². The molecule has 0 aliphatic carbocycles. The lowest BCUT2D eigenvalue weighted by atomic mass is 10.2. The molecule has 1 aromatic rings. The summed E-state index contributed by atoms with van der Waals surface area (Å²) < 4.78 is 26.6. The number of nitriles is 1. The Labute approximate surface area is 104 Å². The van der Waals surface area contributed by atoms with E-state index in [9.17, 15) is 8.78 Å². The first-order chi connectivity index (χ1) is 7.51. The molecule has 0 aromatic heterocycles. The molecular weight excluding hydrogens is 303 g/mol. The van der Waals surface area contributed by atoms with Crippen LogP contribution < -0.4 is 5.73 Å². The summed E-state index contributed by atoms with van der Waals surface area (Å²) in [6.07, 6.45) is 0. The van der Waals surface area contributed by atoms with Gasteiger partial charge in [0.1, 0.15) is 17.6 Å². The van der Waals surface area contributed by atoms with Crippen molar-refractivity contribution in [1.82, 2.24) is 0 Å². The largest absolute Gasteiger partial charge is 0.386 e. The van der Waals surface area contributed by atoms with Crippen LogP contribution in [-0.2, 0) is 0 Å². The van der Waals surface area contributed by atoms with Gasteiger partial charge in [-0.15, -0.1) is 11.6 Å². The molecule has 2 N–H and O–H groups in total. The molecule has 1 rings (SSSR count). The van der Waals surface area contributed by atoms with Crippen LogP contribution in [0.5, 0.6) is 0 Å². The Morgan fingerprint density at radius 3 is 2.75 bits per heavy atom. The topological polar surface area (TPSA) is 62.2 Å². The van der Waals surface area contributed by atoms with Crippen molar-refractivity contribution in [2.24, 2.45) is 10.7 Å². The highest BCUT2D eigenvalue weighted by molar-refractivity contribution is 9.10. The standard InChI is InChI=1S/C9H5BrClF2N3/c10-7-8(13)4(3-14)1-5(12)9(7)16-6(15)2-11/h1H,2H2,(H2,15,16). The number of amidine groups is 1. The number of nitrogens with zero attached hydrogens (tertiary/aromatic N) is 2. The van der Waals surface area contributed by atoms with Gasteiger partial charge in [-0.05, 0) is 22.0 Å². The predicted octanol–water partition coefficient (Wildman–Crippen LogP) is 2.83. The minimum atomic E-state index is -0.884. The minimum Gasteiger partial charge on any atom is -0.386 e. The van der Waals surface area contributed by atoms with E-state index in [-0.39, 0.29) is 21.9 Å². The molecular formula is C9H5BrClF2N3. The Kier molecular flexibility index (Phi) is 4.21. The van der Waals surface area contributed by atoms with Crippen LogP contribution in [0.1, 0.15) is 5.56 Å². The van der Waals surface area contributed by atoms with Crippen molar-refractivity contribution >= 4 is 39.1 Å². The fourth-order valence-electron chi connectivity index (χ4n) is 0.943. The first-order valence-corrected chi connectivity index (χ1v) is 5.30. The zero-order valence-corrected chi connectivity index (χ0v) is 10.1. The second-order valence-corrected chi connectivity index (χ2v) is 3.79. The molecule has 16 heavy (non-hydrogen) atoms. The van der Waals surface area contributed by atoms with Crippen LogP contribution in [0.25, 0.3) is 0 Å². The number of benzene rings is 1. The number of hydrogen-bond acceptors (Lipinski definition) is 2. The van der Waals surface area contributed by atoms with Gasteiger partial charge in [0.15, 0.2) is 11.6 Å². The van der Waals surface area contributed by atoms with Crippen molar-refractivity contribution in [2.75, 3.05) is 5.88 Å². The van der Waals surface area contributed by atoms with E-state index in [4.69, 9.17) is 22.6 Å². The molecule has 0 unspecified atom stereocenters. The van der Waals surface area contributed by atoms with Gasteiger partial charge in [-0.25, -0.2) is 13.8 Å². The van der Waals surface area contributed by atoms with Crippen LogP contribution in [0.15, 0.2) is 15.5 Å². The summed E-state index contributed by atoms with van der Waals surface area (Å²) in [6.45, 7) is 0. The van der Waals surface area contributed by atoms with Crippen LogP contribution in [0.4, 0.5) is 14.5 Å². The molecule has 1 aromatic carbocycles. The van der Waals surface area contributed by atoms with E-state index in [1.807, 2.05) is 0 Å². The molecule has 0 aliphatic heterocycles. The van der Waals surface area contributed by atoms with Gasteiger partial charge in [0.05, 0.1) is 15.9 Å². The highest BCUT2D eigenvalue weighted by Gasteiger charge is 2.16. The molecule has 0 amide bonds. The van der Waals surface area contributed by atoms with E-state index in [1.165, 1.54) is 6.07 Å². The van der Waals surface area contributed by atoms with Gasteiger partial charge >= 0.3 is 0 Å². The summed E-state index contributed by atoms with van der Waals surface area (Å²) in [7, 11) is 0. The number of hydrogen-bond donors (Lipinski definition) is 1. The molecule has 3 nitrogen and oxygen atoms in total. The summed E-state index contributed by atoms with van der Waals surface area (Å²) in [5.74, 6) is -1.89. The zero-order valence-electron chi connectivity index (χ0n) is 7.77. The van der Waals surface area contributed by atoms with Crippen LogP contribution >= 0.6 is 27.5 Å². The van der Waals surface area contributed by atoms with Gasteiger partial charge < -0.3 is 5.73 Å². The second-order valence-electron chi connectivity index (χ2n) is 2.73. The molecule has 7 heteroatoms. The molecule has 0 aliphatic rings. The number of halogens is 4. The van der Waals surface area contributed by atoms with Gasteiger partial charge in [-0.2, -0.15) is 5.26 Å². The first kappa shape index (κ1) is 12.9. The van der Waals surface area contributed by atoms with Gasteiger partial charge in [0.25, 0.3) is 0 Å². The maximum Gasteiger partial charge on any atom is 0.157 e. The molecule has 0 saturated carbocycles. The third kappa shape index (κ3) is 2.49. The quantitative estimate of drug-likeness (QED) is 0.395. The van der Waals surface area contributed by atoms with E-state index >= 15 is 0 Å². The van der Waals surface area contributed by atoms with Crippen molar-refractivity contribution < 1.29 is 8.78 Å². The number of rotatable bonds is 2. The minimum absolute atomic E-state index is 0.0506. The average molecular weight is 309 g/mol. The molecule has 84 valence electrons. The van der Waals surface area contributed by atoms with Gasteiger partial charge in [-0.1, -0.05) is 0 Å². The lowest BCUT2D eigenvalue weighted by Crippen LogP contribution is -2.12. The van der Waals surface area contributed by atoms with E-state index in [0.717, 1.165) is 6.07 Å². The van der Waals surface area contributed by atoms with Crippen molar-refractivity contribution in [3.05, 3.63) is 27.7 Å².